The molecule has 0 amide bonds. The maximum absolute atomic E-state index is 11.0. The summed E-state index contributed by atoms with van der Waals surface area (Å²) in [6.07, 6.45) is 2.95. The van der Waals surface area contributed by atoms with Crippen molar-refractivity contribution >= 4 is 5.97 Å². The second-order valence-corrected chi connectivity index (χ2v) is 4.59. The van der Waals surface area contributed by atoms with Crippen LogP contribution in [0.5, 0.6) is 0 Å². The van der Waals surface area contributed by atoms with Crippen LogP contribution < -0.4 is 0 Å². The molecule has 2 rings (SSSR count). The Labute approximate surface area is 71.4 Å². The number of carboxylic acid groups (broad SMARTS) is 1. The molecule has 2 N–H and O–H groups in total. The molecule has 0 aromatic rings. The van der Waals surface area contributed by atoms with Gasteiger partial charge in [0, 0.05) is 0 Å². The number of carboxylic acids is 1. The van der Waals surface area contributed by atoms with Crippen molar-refractivity contribution in [1.29, 1.82) is 0 Å². The molecule has 0 spiro atoms. The highest BCUT2D eigenvalue weighted by Crippen LogP contribution is 2.60. The summed E-state index contributed by atoms with van der Waals surface area (Å²) in [6, 6.07) is 0. The molecule has 0 aromatic heterocycles. The van der Waals surface area contributed by atoms with E-state index in [9.17, 15) is 9.90 Å². The molecule has 0 unspecified atom stereocenters. The van der Waals surface area contributed by atoms with E-state index in [0.717, 1.165) is 12.8 Å². The first kappa shape index (κ1) is 8.05. The number of rotatable bonds is 2. The quantitative estimate of drug-likeness (QED) is 0.650. The van der Waals surface area contributed by atoms with E-state index in [2.05, 4.69) is 0 Å². The van der Waals surface area contributed by atoms with Gasteiger partial charge in [0.1, 0.15) is 0 Å². The Kier molecular flexibility index (Phi) is 1.35. The first-order valence-corrected chi connectivity index (χ1v) is 4.42. The summed E-state index contributed by atoms with van der Waals surface area (Å²) in [4.78, 5) is 11.0. The maximum atomic E-state index is 11.0. The molecule has 2 saturated carbocycles. The van der Waals surface area contributed by atoms with Gasteiger partial charge in [-0.1, -0.05) is 0 Å². The topological polar surface area (TPSA) is 57.5 Å². The van der Waals surface area contributed by atoms with Gasteiger partial charge in [0.15, 0.2) is 0 Å². The Morgan fingerprint density at radius 3 is 2.17 bits per heavy atom. The van der Waals surface area contributed by atoms with Crippen LogP contribution in [0, 0.1) is 11.3 Å². The van der Waals surface area contributed by atoms with E-state index in [4.69, 9.17) is 5.11 Å². The zero-order valence-electron chi connectivity index (χ0n) is 7.21. The van der Waals surface area contributed by atoms with Crippen LogP contribution in [0.3, 0.4) is 0 Å². The van der Waals surface area contributed by atoms with Crippen LogP contribution in [0.1, 0.15) is 32.6 Å². The van der Waals surface area contributed by atoms with Crippen LogP contribution >= 0.6 is 0 Å². The van der Waals surface area contributed by atoms with Crippen molar-refractivity contribution in [3.63, 3.8) is 0 Å². The van der Waals surface area contributed by atoms with E-state index in [1.54, 1.807) is 6.92 Å². The Morgan fingerprint density at radius 1 is 1.42 bits per heavy atom. The Balaban J connectivity index is 2.12. The summed E-state index contributed by atoms with van der Waals surface area (Å²) in [6.45, 7) is 1.72. The first-order chi connectivity index (χ1) is 5.46. The zero-order valence-corrected chi connectivity index (χ0v) is 7.21. The predicted octanol–water partition coefficient (Wildman–Crippen LogP) is 1.01. The molecule has 68 valence electrons. The first-order valence-electron chi connectivity index (χ1n) is 4.42. The van der Waals surface area contributed by atoms with Gasteiger partial charge < -0.3 is 10.2 Å². The molecule has 0 saturated heterocycles. The molecular weight excluding hydrogens is 156 g/mol. The van der Waals surface area contributed by atoms with Crippen LogP contribution in [0.15, 0.2) is 0 Å². The van der Waals surface area contributed by atoms with Crippen molar-refractivity contribution in [2.24, 2.45) is 11.3 Å². The molecule has 0 atom stereocenters. The van der Waals surface area contributed by atoms with Crippen molar-refractivity contribution in [3.05, 3.63) is 0 Å². The Morgan fingerprint density at radius 2 is 1.92 bits per heavy atom. The molecule has 2 aliphatic rings. The average molecular weight is 170 g/mol. The van der Waals surface area contributed by atoms with Gasteiger partial charge in [-0.15, -0.1) is 0 Å². The second-order valence-electron chi connectivity index (χ2n) is 4.59. The fourth-order valence-electron chi connectivity index (χ4n) is 2.56. The molecule has 0 aromatic carbocycles. The van der Waals surface area contributed by atoms with E-state index in [1.807, 2.05) is 0 Å². The third-order valence-corrected chi connectivity index (χ3v) is 3.18. The average Bonchev–Trinajstić information content (AvgIpc) is 2.61. The third kappa shape index (κ3) is 0.959. The molecule has 0 bridgehead atoms. The lowest BCUT2D eigenvalue weighted by Crippen LogP contribution is -2.55. The molecule has 0 heterocycles. The van der Waals surface area contributed by atoms with Gasteiger partial charge in [-0.25, -0.2) is 0 Å². The van der Waals surface area contributed by atoms with Crippen LogP contribution in [0.25, 0.3) is 0 Å². The van der Waals surface area contributed by atoms with E-state index in [0.29, 0.717) is 18.8 Å². The highest BCUT2D eigenvalue weighted by Gasteiger charge is 2.62. The van der Waals surface area contributed by atoms with Gasteiger partial charge in [0.2, 0.25) is 0 Å². The monoisotopic (exact) mass is 170 g/mol. The van der Waals surface area contributed by atoms with Gasteiger partial charge in [0.25, 0.3) is 0 Å². The lowest BCUT2D eigenvalue weighted by molar-refractivity contribution is -0.181. The zero-order chi connectivity index (χ0) is 8.98. The van der Waals surface area contributed by atoms with E-state index < -0.39 is 17.0 Å². The van der Waals surface area contributed by atoms with Gasteiger partial charge in [-0.3, -0.25) is 4.79 Å². The number of aliphatic hydroxyl groups is 1. The molecule has 2 fully saturated rings. The lowest BCUT2D eigenvalue weighted by Gasteiger charge is -2.49. The van der Waals surface area contributed by atoms with E-state index >= 15 is 0 Å². The molecule has 12 heavy (non-hydrogen) atoms. The fraction of sp³-hybridized carbons (Fsp3) is 0.889. The van der Waals surface area contributed by atoms with Gasteiger partial charge >= 0.3 is 5.97 Å². The smallest absolute Gasteiger partial charge is 0.310 e. The highest BCUT2D eigenvalue weighted by molar-refractivity contribution is 5.77. The van der Waals surface area contributed by atoms with Crippen LogP contribution in [0.4, 0.5) is 0 Å². The highest BCUT2D eigenvalue weighted by atomic mass is 16.4. The van der Waals surface area contributed by atoms with Crippen molar-refractivity contribution in [2.75, 3.05) is 0 Å². The molecule has 3 heteroatoms. The third-order valence-electron chi connectivity index (χ3n) is 3.18. The standard InChI is InChI=1S/C9H14O3/c1-8(12)4-9(5-8,7(10)11)6-2-3-6/h6,12H,2-5H2,1H3,(H,10,11). The van der Waals surface area contributed by atoms with Crippen LogP contribution in [-0.4, -0.2) is 21.8 Å². The second kappa shape index (κ2) is 2.02. The number of hydrogen-bond donors (Lipinski definition) is 2. The lowest BCUT2D eigenvalue weighted by atomic mass is 9.57. The van der Waals surface area contributed by atoms with Crippen molar-refractivity contribution in [2.45, 2.75) is 38.2 Å². The normalized spacial score (nSPS) is 46.8. The predicted molar refractivity (Wildman–Crippen MR) is 42.7 cm³/mol. The minimum absolute atomic E-state index is 0.343. The van der Waals surface area contributed by atoms with Gasteiger partial charge in [-0.05, 0) is 38.5 Å². The molecule has 3 nitrogen and oxygen atoms in total. The summed E-state index contributed by atoms with van der Waals surface area (Å²) >= 11 is 0. The molecule has 0 radical (unpaired) electrons. The fourth-order valence-corrected chi connectivity index (χ4v) is 2.56. The number of carbonyl (C=O) groups is 1. The number of hydrogen-bond acceptors (Lipinski definition) is 2. The summed E-state index contributed by atoms with van der Waals surface area (Å²) in [7, 11) is 0. The molecule has 0 aliphatic heterocycles. The Bertz CT molecular complexity index is 220. The molecular formula is C9H14O3. The molecule has 2 aliphatic carbocycles. The van der Waals surface area contributed by atoms with Crippen LogP contribution in [0.2, 0.25) is 0 Å². The maximum Gasteiger partial charge on any atom is 0.310 e. The summed E-state index contributed by atoms with van der Waals surface area (Å²) in [5, 5.41) is 18.5. The van der Waals surface area contributed by atoms with Crippen molar-refractivity contribution in [1.82, 2.24) is 0 Å². The number of aliphatic carboxylic acids is 1. The minimum Gasteiger partial charge on any atom is -0.481 e. The van der Waals surface area contributed by atoms with Gasteiger partial charge in [0.05, 0.1) is 11.0 Å². The summed E-state index contributed by atoms with van der Waals surface area (Å²) < 4.78 is 0. The Hall–Kier alpha value is -0.570. The van der Waals surface area contributed by atoms with Crippen molar-refractivity contribution in [3.8, 4) is 0 Å². The SMILES string of the molecule is CC1(O)CC(C(=O)O)(C2CC2)C1. The minimum atomic E-state index is -0.721. The van der Waals surface area contributed by atoms with Crippen LogP contribution in [-0.2, 0) is 4.79 Å². The summed E-state index contributed by atoms with van der Waals surface area (Å²) in [5.41, 5.74) is -1.29. The largest absolute Gasteiger partial charge is 0.481 e. The van der Waals surface area contributed by atoms with E-state index in [-0.39, 0.29) is 0 Å². The van der Waals surface area contributed by atoms with Gasteiger partial charge in [-0.2, -0.15) is 0 Å². The van der Waals surface area contributed by atoms with Crippen molar-refractivity contribution < 1.29 is 15.0 Å². The van der Waals surface area contributed by atoms with E-state index in [1.165, 1.54) is 0 Å². The summed E-state index contributed by atoms with van der Waals surface area (Å²) in [5.74, 6) is -0.369.